The van der Waals surface area contributed by atoms with E-state index < -0.39 is 0 Å². The van der Waals surface area contributed by atoms with Gasteiger partial charge in [-0.05, 0) is 53.5 Å². The lowest BCUT2D eigenvalue weighted by Crippen LogP contribution is -1.99. The van der Waals surface area contributed by atoms with Gasteiger partial charge in [-0.3, -0.25) is 0 Å². The first-order chi connectivity index (χ1) is 7.65. The van der Waals surface area contributed by atoms with Gasteiger partial charge in [0.15, 0.2) is 0 Å². The van der Waals surface area contributed by atoms with E-state index in [1.54, 1.807) is 11.3 Å². The second kappa shape index (κ2) is 5.02. The molecule has 0 radical (unpaired) electrons. The average molecular weight is 296 g/mol. The largest absolute Gasteiger partial charge is 0.380 e. The van der Waals surface area contributed by atoms with Gasteiger partial charge >= 0.3 is 0 Å². The topological polar surface area (TPSA) is 12.0 Å². The van der Waals surface area contributed by atoms with Crippen LogP contribution in [0.3, 0.4) is 0 Å². The van der Waals surface area contributed by atoms with Crippen molar-refractivity contribution in [3.63, 3.8) is 0 Å². The zero-order valence-electron chi connectivity index (χ0n) is 9.38. The van der Waals surface area contributed by atoms with Crippen molar-refractivity contribution in [3.8, 4) is 0 Å². The monoisotopic (exact) mass is 295 g/mol. The Kier molecular flexibility index (Phi) is 3.66. The van der Waals surface area contributed by atoms with Gasteiger partial charge < -0.3 is 5.32 Å². The third-order valence-corrected chi connectivity index (χ3v) is 4.09. The van der Waals surface area contributed by atoms with Crippen LogP contribution in [0.2, 0.25) is 0 Å². The maximum absolute atomic E-state index is 3.47. The number of anilines is 1. The van der Waals surface area contributed by atoms with E-state index in [4.69, 9.17) is 0 Å². The molecule has 1 aromatic carbocycles. The molecule has 84 valence electrons. The van der Waals surface area contributed by atoms with Gasteiger partial charge in [-0.15, -0.1) is 11.3 Å². The maximum Gasteiger partial charge on any atom is 0.0702 e. The first-order valence-electron chi connectivity index (χ1n) is 5.20. The standard InChI is InChI=1S/C13H14BrNS/c1-9-3-5-12(10(2)7-9)15-8-11-4-6-13(14)16-11/h3-7,15H,8H2,1-2H3. The van der Waals surface area contributed by atoms with Crippen molar-refractivity contribution in [2.45, 2.75) is 20.4 Å². The Bertz CT molecular complexity index is 490. The minimum absolute atomic E-state index is 0.889. The SMILES string of the molecule is Cc1ccc(NCc2ccc(Br)s2)c(C)c1. The first kappa shape index (κ1) is 11.7. The first-order valence-corrected chi connectivity index (χ1v) is 6.81. The summed E-state index contributed by atoms with van der Waals surface area (Å²) < 4.78 is 1.19. The van der Waals surface area contributed by atoms with Gasteiger partial charge in [0.2, 0.25) is 0 Å². The number of aryl methyl sites for hydroxylation is 2. The Balaban J connectivity index is 2.04. The van der Waals surface area contributed by atoms with Gasteiger partial charge in [0.1, 0.15) is 0 Å². The van der Waals surface area contributed by atoms with Gasteiger partial charge in [-0.25, -0.2) is 0 Å². The van der Waals surface area contributed by atoms with Crippen LogP contribution in [0.25, 0.3) is 0 Å². The molecule has 16 heavy (non-hydrogen) atoms. The summed E-state index contributed by atoms with van der Waals surface area (Å²) in [6, 6.07) is 10.7. The highest BCUT2D eigenvalue weighted by Gasteiger charge is 2.00. The molecule has 0 unspecified atom stereocenters. The third kappa shape index (κ3) is 2.86. The van der Waals surface area contributed by atoms with E-state index in [1.807, 2.05) is 0 Å². The molecule has 1 aromatic heterocycles. The average Bonchev–Trinajstić information content (AvgIpc) is 2.63. The molecule has 2 aromatic rings. The molecule has 0 aliphatic rings. The number of rotatable bonds is 3. The number of thiophene rings is 1. The van der Waals surface area contributed by atoms with Crippen LogP contribution in [-0.2, 0) is 6.54 Å². The summed E-state index contributed by atoms with van der Waals surface area (Å²) in [6.45, 7) is 5.15. The van der Waals surface area contributed by atoms with E-state index in [1.165, 1.54) is 25.5 Å². The molecule has 0 saturated heterocycles. The zero-order chi connectivity index (χ0) is 11.5. The van der Waals surface area contributed by atoms with Crippen molar-refractivity contribution in [2.75, 3.05) is 5.32 Å². The predicted octanol–water partition coefficient (Wildman–Crippen LogP) is 4.74. The second-order valence-corrected chi connectivity index (χ2v) is 6.43. The number of hydrogen-bond acceptors (Lipinski definition) is 2. The Hall–Kier alpha value is -0.800. The number of nitrogens with one attached hydrogen (secondary N) is 1. The van der Waals surface area contributed by atoms with E-state index in [9.17, 15) is 0 Å². The van der Waals surface area contributed by atoms with Crippen LogP contribution in [0.1, 0.15) is 16.0 Å². The Labute approximate surface area is 109 Å². The van der Waals surface area contributed by atoms with Crippen LogP contribution >= 0.6 is 27.3 Å². The maximum atomic E-state index is 3.47. The smallest absolute Gasteiger partial charge is 0.0702 e. The molecule has 0 atom stereocenters. The second-order valence-electron chi connectivity index (χ2n) is 3.88. The van der Waals surface area contributed by atoms with Crippen LogP contribution in [0.15, 0.2) is 34.1 Å². The van der Waals surface area contributed by atoms with E-state index >= 15 is 0 Å². The van der Waals surface area contributed by atoms with Gasteiger partial charge in [0, 0.05) is 17.1 Å². The predicted molar refractivity (Wildman–Crippen MR) is 75.3 cm³/mol. The van der Waals surface area contributed by atoms with Crippen LogP contribution in [0.5, 0.6) is 0 Å². The molecule has 0 aliphatic carbocycles. The lowest BCUT2D eigenvalue weighted by atomic mass is 10.1. The normalized spacial score (nSPS) is 10.4. The molecule has 0 spiro atoms. The molecule has 2 rings (SSSR count). The fraction of sp³-hybridized carbons (Fsp3) is 0.231. The van der Waals surface area contributed by atoms with Crippen molar-refractivity contribution >= 4 is 33.0 Å². The van der Waals surface area contributed by atoms with E-state index in [0.29, 0.717) is 0 Å². The van der Waals surface area contributed by atoms with E-state index in [-0.39, 0.29) is 0 Å². The molecule has 1 N–H and O–H groups in total. The Morgan fingerprint density at radius 2 is 2.00 bits per heavy atom. The Morgan fingerprint density at radius 3 is 2.62 bits per heavy atom. The highest BCUT2D eigenvalue weighted by Crippen LogP contribution is 2.23. The summed E-state index contributed by atoms with van der Waals surface area (Å²) >= 11 is 5.24. The zero-order valence-corrected chi connectivity index (χ0v) is 11.8. The minimum Gasteiger partial charge on any atom is -0.380 e. The molecular formula is C13H14BrNS. The van der Waals surface area contributed by atoms with Crippen molar-refractivity contribution in [3.05, 3.63) is 50.1 Å². The quantitative estimate of drug-likeness (QED) is 0.862. The lowest BCUT2D eigenvalue weighted by Gasteiger charge is -2.08. The fourth-order valence-electron chi connectivity index (χ4n) is 1.64. The highest BCUT2D eigenvalue weighted by molar-refractivity contribution is 9.11. The summed E-state index contributed by atoms with van der Waals surface area (Å²) in [5.74, 6) is 0. The third-order valence-electron chi connectivity index (χ3n) is 2.46. The molecule has 0 aliphatic heterocycles. The number of halogens is 1. The Morgan fingerprint density at radius 1 is 1.19 bits per heavy atom. The summed E-state index contributed by atoms with van der Waals surface area (Å²) in [7, 11) is 0. The van der Waals surface area contributed by atoms with Gasteiger partial charge in [0.05, 0.1) is 3.79 Å². The van der Waals surface area contributed by atoms with Crippen LogP contribution < -0.4 is 5.32 Å². The molecule has 0 bridgehead atoms. The van der Waals surface area contributed by atoms with E-state index in [2.05, 4.69) is 65.4 Å². The molecule has 0 amide bonds. The summed E-state index contributed by atoms with van der Waals surface area (Å²) in [6.07, 6.45) is 0. The molecule has 3 heteroatoms. The van der Waals surface area contributed by atoms with Gasteiger partial charge in [-0.1, -0.05) is 17.7 Å². The van der Waals surface area contributed by atoms with Crippen LogP contribution in [0.4, 0.5) is 5.69 Å². The number of hydrogen-bond donors (Lipinski definition) is 1. The van der Waals surface area contributed by atoms with Crippen molar-refractivity contribution < 1.29 is 0 Å². The van der Waals surface area contributed by atoms with Crippen LogP contribution in [-0.4, -0.2) is 0 Å². The number of benzene rings is 1. The van der Waals surface area contributed by atoms with Crippen molar-refractivity contribution in [1.82, 2.24) is 0 Å². The van der Waals surface area contributed by atoms with Crippen molar-refractivity contribution in [1.29, 1.82) is 0 Å². The van der Waals surface area contributed by atoms with Crippen molar-refractivity contribution in [2.24, 2.45) is 0 Å². The van der Waals surface area contributed by atoms with Gasteiger partial charge in [-0.2, -0.15) is 0 Å². The van der Waals surface area contributed by atoms with E-state index in [0.717, 1.165) is 6.54 Å². The highest BCUT2D eigenvalue weighted by atomic mass is 79.9. The fourth-order valence-corrected chi connectivity index (χ4v) is 3.06. The summed E-state index contributed by atoms with van der Waals surface area (Å²) in [5, 5.41) is 3.46. The molecular weight excluding hydrogens is 282 g/mol. The lowest BCUT2D eigenvalue weighted by molar-refractivity contribution is 1.18. The summed E-state index contributed by atoms with van der Waals surface area (Å²) in [4.78, 5) is 1.34. The molecule has 1 heterocycles. The van der Waals surface area contributed by atoms with Crippen LogP contribution in [0, 0.1) is 13.8 Å². The molecule has 0 saturated carbocycles. The minimum atomic E-state index is 0.889. The molecule has 1 nitrogen and oxygen atoms in total. The molecule has 0 fully saturated rings. The summed E-state index contributed by atoms with van der Waals surface area (Å²) in [5.41, 5.74) is 3.83. The van der Waals surface area contributed by atoms with Gasteiger partial charge in [0.25, 0.3) is 0 Å².